The Morgan fingerprint density at radius 2 is 2.23 bits per heavy atom. The lowest BCUT2D eigenvalue weighted by Gasteiger charge is -2.11. The number of hydrogen-bond donors (Lipinski definition) is 2. The van der Waals surface area contributed by atoms with Gasteiger partial charge in [0, 0.05) is 18.0 Å². The Labute approximate surface area is 151 Å². The molecule has 0 radical (unpaired) electrons. The molecule has 2 aromatic heterocycles. The molecule has 0 saturated heterocycles. The third kappa shape index (κ3) is 3.13. The van der Waals surface area contributed by atoms with Crippen molar-refractivity contribution in [2.75, 3.05) is 7.11 Å². The Morgan fingerprint density at radius 1 is 1.46 bits per heavy atom. The number of methoxy groups -OCH3 is 1. The van der Waals surface area contributed by atoms with Gasteiger partial charge in [-0.25, -0.2) is 4.98 Å². The van der Waals surface area contributed by atoms with Crippen molar-refractivity contribution in [1.29, 1.82) is 0 Å². The zero-order valence-corrected chi connectivity index (χ0v) is 15.0. The highest BCUT2D eigenvalue weighted by molar-refractivity contribution is 5.90. The summed E-state index contributed by atoms with van der Waals surface area (Å²) in [6.45, 7) is 7.35. The van der Waals surface area contributed by atoms with Gasteiger partial charge >= 0.3 is 5.56 Å². The second kappa shape index (κ2) is 6.92. The van der Waals surface area contributed by atoms with Crippen LogP contribution in [0.4, 0.5) is 0 Å². The first-order chi connectivity index (χ1) is 12.4. The molecule has 0 amide bonds. The number of allylic oxidation sites excluding steroid dienone is 2. The largest absolute Gasteiger partial charge is 0.480 e. The first-order valence-electron chi connectivity index (χ1n) is 8.20. The third-order valence-corrected chi connectivity index (χ3v) is 4.21. The van der Waals surface area contributed by atoms with Gasteiger partial charge in [-0.1, -0.05) is 42.5 Å². The summed E-state index contributed by atoms with van der Waals surface area (Å²) < 4.78 is 5.87. The monoisotopic (exact) mass is 351 g/mol. The summed E-state index contributed by atoms with van der Waals surface area (Å²) >= 11 is 0. The maximum absolute atomic E-state index is 12.0. The zero-order valence-electron chi connectivity index (χ0n) is 15.0. The van der Waals surface area contributed by atoms with Crippen molar-refractivity contribution in [2.45, 2.75) is 20.3 Å². The molecule has 0 unspecified atom stereocenters. The van der Waals surface area contributed by atoms with Gasteiger partial charge in [0.15, 0.2) is 0 Å². The number of para-hydroxylation sites is 1. The molecule has 2 N–H and O–H groups in total. The Balaban J connectivity index is 2.09. The molecule has 0 aliphatic carbocycles. The van der Waals surface area contributed by atoms with Crippen molar-refractivity contribution in [3.05, 3.63) is 75.5 Å². The fourth-order valence-electron chi connectivity index (χ4n) is 2.88. The molecule has 1 aromatic carbocycles. The standard InChI is InChI=1S/C20H21N3O3/c1-12(2)8-9-14-6-5-7-16-15(11-21-18(14)16)10-17-19(26-4)22-13(3)20(24)23(17)25/h5-9,11,21,25H,1,10H2,2-4H3. The van der Waals surface area contributed by atoms with E-state index in [0.717, 1.165) is 27.6 Å². The third-order valence-electron chi connectivity index (χ3n) is 4.21. The van der Waals surface area contributed by atoms with E-state index in [0.29, 0.717) is 16.8 Å². The smallest absolute Gasteiger partial charge is 0.304 e. The number of fused-ring (bicyclic) bond motifs is 1. The van der Waals surface area contributed by atoms with Gasteiger partial charge in [0.05, 0.1) is 12.6 Å². The maximum atomic E-state index is 12.0. The van der Waals surface area contributed by atoms with E-state index in [1.54, 1.807) is 0 Å². The number of nitrogens with zero attached hydrogens (tertiary/aromatic N) is 2. The van der Waals surface area contributed by atoms with Crippen LogP contribution in [-0.2, 0) is 6.42 Å². The Kier molecular flexibility index (Phi) is 4.67. The predicted octanol–water partition coefficient (Wildman–Crippen LogP) is 3.46. The Bertz CT molecular complexity index is 1070. The first-order valence-corrected chi connectivity index (χ1v) is 8.20. The molecular formula is C20H21N3O3. The van der Waals surface area contributed by atoms with Crippen LogP contribution in [-0.4, -0.2) is 27.0 Å². The summed E-state index contributed by atoms with van der Waals surface area (Å²) in [5.41, 5.74) is 3.85. The van der Waals surface area contributed by atoms with Crippen LogP contribution in [0, 0.1) is 6.92 Å². The van der Waals surface area contributed by atoms with E-state index in [-0.39, 0.29) is 11.6 Å². The van der Waals surface area contributed by atoms with Gasteiger partial charge in [0.2, 0.25) is 5.88 Å². The second-order valence-corrected chi connectivity index (χ2v) is 6.21. The minimum absolute atomic E-state index is 0.180. The van der Waals surface area contributed by atoms with Crippen LogP contribution < -0.4 is 10.3 Å². The van der Waals surface area contributed by atoms with E-state index in [9.17, 15) is 10.0 Å². The number of benzene rings is 1. The number of H-pyrrole nitrogens is 1. The van der Waals surface area contributed by atoms with E-state index in [1.807, 2.05) is 43.5 Å². The highest BCUT2D eigenvalue weighted by atomic mass is 16.5. The van der Waals surface area contributed by atoms with E-state index in [1.165, 1.54) is 14.0 Å². The molecular weight excluding hydrogens is 330 g/mol. The second-order valence-electron chi connectivity index (χ2n) is 6.21. The molecule has 0 fully saturated rings. The molecule has 3 rings (SSSR count). The topological polar surface area (TPSA) is 80.1 Å². The summed E-state index contributed by atoms with van der Waals surface area (Å²) in [7, 11) is 1.46. The summed E-state index contributed by atoms with van der Waals surface area (Å²) in [6.07, 6.45) is 6.12. The number of aromatic nitrogens is 3. The van der Waals surface area contributed by atoms with Gasteiger partial charge in [-0.3, -0.25) is 4.79 Å². The fraction of sp³-hybridized carbons (Fsp3) is 0.200. The van der Waals surface area contributed by atoms with Gasteiger partial charge in [-0.2, -0.15) is 0 Å². The molecule has 0 atom stereocenters. The van der Waals surface area contributed by atoms with Gasteiger partial charge in [-0.15, -0.1) is 4.73 Å². The van der Waals surface area contributed by atoms with Crippen LogP contribution in [0.1, 0.15) is 29.4 Å². The van der Waals surface area contributed by atoms with Gasteiger partial charge < -0.3 is 14.9 Å². The minimum atomic E-state index is -0.550. The van der Waals surface area contributed by atoms with Crippen LogP contribution in [0.15, 0.2) is 47.4 Å². The van der Waals surface area contributed by atoms with E-state index < -0.39 is 5.56 Å². The van der Waals surface area contributed by atoms with E-state index in [2.05, 4.69) is 16.5 Å². The normalized spacial score (nSPS) is 11.3. The summed E-state index contributed by atoms with van der Waals surface area (Å²) in [4.78, 5) is 19.4. The first kappa shape index (κ1) is 17.5. The number of nitrogens with one attached hydrogen (secondary N) is 1. The van der Waals surface area contributed by atoms with Crippen molar-refractivity contribution in [3.63, 3.8) is 0 Å². The molecule has 3 aromatic rings. The fourth-order valence-corrected chi connectivity index (χ4v) is 2.88. The lowest BCUT2D eigenvalue weighted by Crippen LogP contribution is -2.26. The van der Waals surface area contributed by atoms with Crippen LogP contribution >= 0.6 is 0 Å². The van der Waals surface area contributed by atoms with Crippen molar-refractivity contribution in [1.82, 2.24) is 14.7 Å². The summed E-state index contributed by atoms with van der Waals surface area (Å²) in [5, 5.41) is 11.2. The van der Waals surface area contributed by atoms with Crippen LogP contribution in [0.5, 0.6) is 5.88 Å². The van der Waals surface area contributed by atoms with E-state index in [4.69, 9.17) is 4.74 Å². The molecule has 0 spiro atoms. The molecule has 0 bridgehead atoms. The van der Waals surface area contributed by atoms with Crippen molar-refractivity contribution in [3.8, 4) is 5.88 Å². The van der Waals surface area contributed by atoms with E-state index >= 15 is 0 Å². The maximum Gasteiger partial charge on any atom is 0.304 e. The van der Waals surface area contributed by atoms with Crippen molar-refractivity contribution in [2.24, 2.45) is 0 Å². The molecule has 26 heavy (non-hydrogen) atoms. The number of aromatic amines is 1. The Morgan fingerprint density at radius 3 is 2.92 bits per heavy atom. The SMILES string of the molecule is C=C(C)C=Cc1cccc2c(Cc3c(OC)nc(C)c(=O)n3O)c[nH]c12. The highest BCUT2D eigenvalue weighted by Crippen LogP contribution is 2.26. The Hall–Kier alpha value is -3.28. The van der Waals surface area contributed by atoms with Crippen molar-refractivity contribution >= 4 is 17.0 Å². The zero-order chi connectivity index (χ0) is 18.8. The van der Waals surface area contributed by atoms with Crippen LogP contribution in [0.3, 0.4) is 0 Å². The van der Waals surface area contributed by atoms with Crippen molar-refractivity contribution < 1.29 is 9.94 Å². The average molecular weight is 351 g/mol. The molecule has 6 heteroatoms. The number of ether oxygens (including phenoxy) is 1. The van der Waals surface area contributed by atoms with Crippen LogP contribution in [0.2, 0.25) is 0 Å². The van der Waals surface area contributed by atoms with Crippen LogP contribution in [0.25, 0.3) is 17.0 Å². The summed E-state index contributed by atoms with van der Waals surface area (Å²) in [6, 6.07) is 5.97. The molecule has 0 aliphatic heterocycles. The van der Waals surface area contributed by atoms with Gasteiger partial charge in [-0.05, 0) is 25.0 Å². The van der Waals surface area contributed by atoms with Gasteiger partial charge in [0.1, 0.15) is 11.4 Å². The number of hydrogen-bond acceptors (Lipinski definition) is 4. The molecule has 6 nitrogen and oxygen atoms in total. The number of aryl methyl sites for hydroxylation is 1. The lowest BCUT2D eigenvalue weighted by molar-refractivity contribution is 0.159. The molecule has 134 valence electrons. The highest BCUT2D eigenvalue weighted by Gasteiger charge is 2.17. The summed E-state index contributed by atoms with van der Waals surface area (Å²) in [5.74, 6) is 0.234. The average Bonchev–Trinajstić information content (AvgIpc) is 3.03. The lowest BCUT2D eigenvalue weighted by atomic mass is 10.0. The minimum Gasteiger partial charge on any atom is -0.480 e. The molecule has 0 saturated carbocycles. The predicted molar refractivity (Wildman–Crippen MR) is 102 cm³/mol. The molecule has 0 aliphatic rings. The number of rotatable bonds is 5. The van der Waals surface area contributed by atoms with Gasteiger partial charge in [0.25, 0.3) is 0 Å². The molecule has 2 heterocycles. The quantitative estimate of drug-likeness (QED) is 0.545.